The Hall–Kier alpha value is -0.940. The summed E-state index contributed by atoms with van der Waals surface area (Å²) in [6.07, 6.45) is 4.04. The fourth-order valence-electron chi connectivity index (χ4n) is 1.72. The van der Waals surface area contributed by atoms with Crippen molar-refractivity contribution in [3.05, 3.63) is 22.9 Å². The molecule has 5 heteroatoms. The summed E-state index contributed by atoms with van der Waals surface area (Å²) in [4.78, 5) is 0. The third kappa shape index (κ3) is 2.54. The van der Waals surface area contributed by atoms with E-state index in [4.69, 9.17) is 4.74 Å². The standard InChI is InChI=1S/C10H15N3OS/c1-2-11-10(9-7-15-13-12-9)8-4-3-5-14-6-8/h6-7,10-11H,2-5H2,1H3. The average molecular weight is 225 g/mol. The molecular formula is C10H15N3OS. The van der Waals surface area contributed by atoms with Crippen molar-refractivity contribution in [1.29, 1.82) is 0 Å². The van der Waals surface area contributed by atoms with Crippen LogP contribution in [0.15, 0.2) is 17.2 Å². The minimum Gasteiger partial charge on any atom is -0.501 e. The number of likely N-dealkylation sites (N-methyl/N-ethyl adjacent to an activating group) is 1. The van der Waals surface area contributed by atoms with E-state index in [2.05, 4.69) is 21.8 Å². The molecule has 15 heavy (non-hydrogen) atoms. The van der Waals surface area contributed by atoms with E-state index < -0.39 is 0 Å². The monoisotopic (exact) mass is 225 g/mol. The van der Waals surface area contributed by atoms with Crippen LogP contribution in [0.2, 0.25) is 0 Å². The Morgan fingerprint density at radius 2 is 2.60 bits per heavy atom. The van der Waals surface area contributed by atoms with Crippen molar-refractivity contribution in [2.24, 2.45) is 0 Å². The molecule has 1 N–H and O–H groups in total. The van der Waals surface area contributed by atoms with Gasteiger partial charge in [-0.05, 0) is 36.5 Å². The molecule has 1 unspecified atom stereocenters. The molecule has 1 aromatic rings. The summed E-state index contributed by atoms with van der Waals surface area (Å²) in [5.41, 5.74) is 2.27. The normalized spacial score (nSPS) is 18.1. The highest BCUT2D eigenvalue weighted by atomic mass is 32.1. The highest BCUT2D eigenvalue weighted by Crippen LogP contribution is 2.26. The first-order valence-electron chi connectivity index (χ1n) is 5.22. The summed E-state index contributed by atoms with van der Waals surface area (Å²) in [5, 5.41) is 9.52. The molecule has 4 nitrogen and oxygen atoms in total. The summed E-state index contributed by atoms with van der Waals surface area (Å²) in [5.74, 6) is 0. The number of rotatable bonds is 4. The predicted octanol–water partition coefficient (Wildman–Crippen LogP) is 1.88. The third-order valence-electron chi connectivity index (χ3n) is 2.41. The van der Waals surface area contributed by atoms with Gasteiger partial charge in [0.1, 0.15) is 0 Å². The van der Waals surface area contributed by atoms with Gasteiger partial charge >= 0.3 is 0 Å². The molecule has 1 aliphatic rings. The maximum atomic E-state index is 5.36. The van der Waals surface area contributed by atoms with Crippen molar-refractivity contribution in [3.8, 4) is 0 Å². The molecule has 1 aromatic heterocycles. The van der Waals surface area contributed by atoms with E-state index in [0.717, 1.165) is 31.7 Å². The summed E-state index contributed by atoms with van der Waals surface area (Å²) in [6, 6.07) is 0.175. The van der Waals surface area contributed by atoms with Crippen LogP contribution in [0.3, 0.4) is 0 Å². The molecule has 0 radical (unpaired) electrons. The first-order valence-corrected chi connectivity index (χ1v) is 6.06. The molecule has 0 spiro atoms. The number of ether oxygens (including phenoxy) is 1. The number of nitrogens with one attached hydrogen (secondary N) is 1. The SMILES string of the molecule is CCNC(C1=COCCC1)c1csnn1. The summed E-state index contributed by atoms with van der Waals surface area (Å²) < 4.78 is 9.26. The molecule has 82 valence electrons. The van der Waals surface area contributed by atoms with Crippen LogP contribution in [0.4, 0.5) is 0 Å². The molecular weight excluding hydrogens is 210 g/mol. The van der Waals surface area contributed by atoms with E-state index in [1.165, 1.54) is 17.1 Å². The van der Waals surface area contributed by atoms with Gasteiger partial charge in [-0.3, -0.25) is 0 Å². The zero-order valence-electron chi connectivity index (χ0n) is 8.77. The molecule has 0 saturated carbocycles. The van der Waals surface area contributed by atoms with Gasteiger partial charge in [-0.2, -0.15) is 0 Å². The first kappa shape index (κ1) is 10.6. The lowest BCUT2D eigenvalue weighted by molar-refractivity contribution is 0.219. The Labute approximate surface area is 93.5 Å². The average Bonchev–Trinajstić information content (AvgIpc) is 2.80. The van der Waals surface area contributed by atoms with E-state index in [9.17, 15) is 0 Å². The Balaban J connectivity index is 2.15. The maximum Gasteiger partial charge on any atom is 0.0968 e. The number of hydrogen-bond donors (Lipinski definition) is 1. The van der Waals surface area contributed by atoms with Crippen molar-refractivity contribution in [1.82, 2.24) is 14.9 Å². The van der Waals surface area contributed by atoms with Crippen molar-refractivity contribution in [3.63, 3.8) is 0 Å². The minimum absolute atomic E-state index is 0.175. The third-order valence-corrected chi connectivity index (χ3v) is 2.94. The Morgan fingerprint density at radius 3 is 3.20 bits per heavy atom. The van der Waals surface area contributed by atoms with Crippen LogP contribution >= 0.6 is 11.5 Å². The van der Waals surface area contributed by atoms with Crippen LogP contribution in [0.5, 0.6) is 0 Å². The molecule has 0 aliphatic carbocycles. The lowest BCUT2D eigenvalue weighted by atomic mass is 10.00. The zero-order valence-corrected chi connectivity index (χ0v) is 9.59. The molecule has 0 bridgehead atoms. The summed E-state index contributed by atoms with van der Waals surface area (Å²) >= 11 is 1.39. The highest BCUT2D eigenvalue weighted by Gasteiger charge is 2.20. The van der Waals surface area contributed by atoms with Crippen LogP contribution in [0.1, 0.15) is 31.5 Å². The molecule has 0 fully saturated rings. The molecule has 1 aliphatic heterocycles. The summed E-state index contributed by atoms with van der Waals surface area (Å²) in [7, 11) is 0. The first-order chi connectivity index (χ1) is 7.42. The lowest BCUT2D eigenvalue weighted by Gasteiger charge is -2.22. The van der Waals surface area contributed by atoms with Gasteiger partial charge in [0.15, 0.2) is 0 Å². The Kier molecular flexibility index (Phi) is 3.69. The van der Waals surface area contributed by atoms with Crippen molar-refractivity contribution in [2.75, 3.05) is 13.2 Å². The number of hydrogen-bond acceptors (Lipinski definition) is 5. The van der Waals surface area contributed by atoms with Gasteiger partial charge < -0.3 is 10.1 Å². The zero-order chi connectivity index (χ0) is 10.5. The molecule has 0 aromatic carbocycles. The van der Waals surface area contributed by atoms with E-state index in [-0.39, 0.29) is 6.04 Å². The number of aromatic nitrogens is 2. The van der Waals surface area contributed by atoms with Crippen LogP contribution < -0.4 is 5.32 Å². The fraction of sp³-hybridized carbons (Fsp3) is 0.600. The van der Waals surface area contributed by atoms with Gasteiger partial charge in [-0.25, -0.2) is 0 Å². The van der Waals surface area contributed by atoms with Gasteiger partial charge in [-0.1, -0.05) is 11.4 Å². The topological polar surface area (TPSA) is 47.0 Å². The molecule has 1 atom stereocenters. The molecule has 0 saturated heterocycles. The second-order valence-corrected chi connectivity index (χ2v) is 4.10. The Bertz CT molecular complexity index is 323. The fourth-order valence-corrected chi connectivity index (χ4v) is 2.20. The summed E-state index contributed by atoms with van der Waals surface area (Å²) in [6.45, 7) is 3.84. The van der Waals surface area contributed by atoms with Crippen molar-refractivity contribution < 1.29 is 4.74 Å². The van der Waals surface area contributed by atoms with E-state index in [1.54, 1.807) is 0 Å². The Morgan fingerprint density at radius 1 is 1.67 bits per heavy atom. The maximum absolute atomic E-state index is 5.36. The smallest absolute Gasteiger partial charge is 0.0968 e. The van der Waals surface area contributed by atoms with Crippen LogP contribution in [-0.4, -0.2) is 22.7 Å². The predicted molar refractivity (Wildman–Crippen MR) is 59.6 cm³/mol. The van der Waals surface area contributed by atoms with Crippen LogP contribution in [0, 0.1) is 0 Å². The quantitative estimate of drug-likeness (QED) is 0.850. The van der Waals surface area contributed by atoms with Crippen molar-refractivity contribution >= 4 is 11.5 Å². The molecule has 2 rings (SSSR count). The second kappa shape index (κ2) is 5.23. The van der Waals surface area contributed by atoms with Gasteiger partial charge in [0.2, 0.25) is 0 Å². The van der Waals surface area contributed by atoms with E-state index >= 15 is 0 Å². The van der Waals surface area contributed by atoms with Gasteiger partial charge in [0.25, 0.3) is 0 Å². The van der Waals surface area contributed by atoms with Crippen molar-refractivity contribution in [2.45, 2.75) is 25.8 Å². The van der Waals surface area contributed by atoms with Crippen LogP contribution in [0.25, 0.3) is 0 Å². The molecule has 0 amide bonds. The number of nitrogens with zero attached hydrogens (tertiary/aromatic N) is 2. The minimum atomic E-state index is 0.175. The van der Waals surface area contributed by atoms with E-state index in [1.807, 2.05) is 11.6 Å². The van der Waals surface area contributed by atoms with E-state index in [0.29, 0.717) is 0 Å². The molecule has 2 heterocycles. The van der Waals surface area contributed by atoms with Crippen LogP contribution in [-0.2, 0) is 4.74 Å². The van der Waals surface area contributed by atoms with Gasteiger partial charge in [0.05, 0.1) is 24.6 Å². The van der Waals surface area contributed by atoms with Gasteiger partial charge in [-0.15, -0.1) is 5.10 Å². The second-order valence-electron chi connectivity index (χ2n) is 3.49. The highest BCUT2D eigenvalue weighted by molar-refractivity contribution is 7.03. The largest absolute Gasteiger partial charge is 0.501 e. The lowest BCUT2D eigenvalue weighted by Crippen LogP contribution is -2.24. The van der Waals surface area contributed by atoms with Gasteiger partial charge in [0, 0.05) is 5.38 Å².